The number of methoxy groups -OCH3 is 1. The zero-order chi connectivity index (χ0) is 17.5. The maximum Gasteiger partial charge on any atom is 0.240 e. The van der Waals surface area contributed by atoms with Crippen molar-refractivity contribution in [2.45, 2.75) is 11.8 Å². The number of hydrogen-bond acceptors (Lipinski definition) is 5. The molecule has 0 atom stereocenters. The first-order valence-electron chi connectivity index (χ1n) is 7.30. The topological polar surface area (TPSA) is 79.0 Å². The molecule has 0 aliphatic heterocycles. The molecule has 0 aliphatic rings. The number of nitrogens with zero attached hydrogens (tertiary/aromatic N) is 2. The van der Waals surface area contributed by atoms with E-state index in [-0.39, 0.29) is 17.3 Å². The van der Waals surface area contributed by atoms with Gasteiger partial charge in [-0.25, -0.2) is 13.1 Å². The molecule has 0 aromatic heterocycles. The molecule has 1 N–H and O–H groups in total. The second-order valence-electron chi connectivity index (χ2n) is 5.38. The molecule has 7 nitrogen and oxygen atoms in total. The second-order valence-corrected chi connectivity index (χ2v) is 7.15. The number of benzene rings is 1. The van der Waals surface area contributed by atoms with E-state index in [1.54, 1.807) is 17.0 Å². The van der Waals surface area contributed by atoms with Crippen LogP contribution in [0.4, 0.5) is 0 Å². The van der Waals surface area contributed by atoms with Gasteiger partial charge in [-0.3, -0.25) is 4.79 Å². The zero-order valence-electron chi connectivity index (χ0n) is 14.1. The second kappa shape index (κ2) is 8.85. The lowest BCUT2D eigenvalue weighted by Gasteiger charge is -2.23. The highest BCUT2D eigenvalue weighted by atomic mass is 32.2. The Morgan fingerprint density at radius 1 is 1.13 bits per heavy atom. The predicted octanol–water partition coefficient (Wildman–Crippen LogP) is 0.384. The fourth-order valence-corrected chi connectivity index (χ4v) is 2.92. The Bertz CT molecular complexity index is 600. The van der Waals surface area contributed by atoms with Gasteiger partial charge in [-0.2, -0.15) is 0 Å². The highest BCUT2D eigenvalue weighted by Crippen LogP contribution is 2.15. The number of hydrogen-bond donors (Lipinski definition) is 1. The first kappa shape index (κ1) is 19.4. The van der Waals surface area contributed by atoms with E-state index in [0.29, 0.717) is 18.8 Å². The van der Waals surface area contributed by atoms with Crippen LogP contribution in [0.25, 0.3) is 0 Å². The van der Waals surface area contributed by atoms with Gasteiger partial charge in [0, 0.05) is 33.1 Å². The first-order chi connectivity index (χ1) is 10.8. The Morgan fingerprint density at radius 3 is 2.22 bits per heavy atom. The summed E-state index contributed by atoms with van der Waals surface area (Å²) in [6, 6.07) is 6.15. The summed E-state index contributed by atoms with van der Waals surface area (Å²) >= 11 is 0. The van der Waals surface area contributed by atoms with Crippen molar-refractivity contribution in [3.05, 3.63) is 24.3 Å². The summed E-state index contributed by atoms with van der Waals surface area (Å²) < 4.78 is 31.9. The summed E-state index contributed by atoms with van der Waals surface area (Å²) in [5.41, 5.74) is 0. The van der Waals surface area contributed by atoms with Crippen molar-refractivity contribution in [3.63, 3.8) is 0 Å². The number of likely N-dealkylation sites (N-methyl/N-ethyl adjacent to an activating group) is 1. The molecule has 0 fully saturated rings. The Kier molecular flexibility index (Phi) is 7.47. The van der Waals surface area contributed by atoms with Crippen LogP contribution in [0.5, 0.6) is 5.75 Å². The highest BCUT2D eigenvalue weighted by molar-refractivity contribution is 7.89. The predicted molar refractivity (Wildman–Crippen MR) is 89.0 cm³/mol. The van der Waals surface area contributed by atoms with Crippen LogP contribution in [0, 0.1) is 0 Å². The fraction of sp³-hybridized carbons (Fsp3) is 0.533. The highest BCUT2D eigenvalue weighted by Gasteiger charge is 2.15. The van der Waals surface area contributed by atoms with Gasteiger partial charge in [0.15, 0.2) is 0 Å². The van der Waals surface area contributed by atoms with Gasteiger partial charge in [0.25, 0.3) is 0 Å². The molecule has 1 aromatic carbocycles. The van der Waals surface area contributed by atoms with Crippen LogP contribution < -0.4 is 9.46 Å². The SMILES string of the molecule is COc1ccc(S(=O)(=O)NCCN(CCN(C)C)C(C)=O)cc1. The van der Waals surface area contributed by atoms with Crippen molar-refractivity contribution in [2.24, 2.45) is 0 Å². The average Bonchev–Trinajstić information content (AvgIpc) is 2.50. The number of carbonyl (C=O) groups is 1. The van der Waals surface area contributed by atoms with E-state index in [1.807, 2.05) is 19.0 Å². The third kappa shape index (κ3) is 6.55. The van der Waals surface area contributed by atoms with Gasteiger partial charge in [0.2, 0.25) is 15.9 Å². The van der Waals surface area contributed by atoms with Gasteiger partial charge >= 0.3 is 0 Å². The van der Waals surface area contributed by atoms with Gasteiger partial charge < -0.3 is 14.5 Å². The number of ether oxygens (including phenoxy) is 1. The van der Waals surface area contributed by atoms with E-state index >= 15 is 0 Å². The minimum Gasteiger partial charge on any atom is -0.497 e. The van der Waals surface area contributed by atoms with E-state index in [2.05, 4.69) is 4.72 Å². The molecule has 0 aliphatic carbocycles. The van der Waals surface area contributed by atoms with Crippen molar-refractivity contribution in [3.8, 4) is 5.75 Å². The molecule has 0 radical (unpaired) electrons. The molecule has 0 spiro atoms. The number of amides is 1. The zero-order valence-corrected chi connectivity index (χ0v) is 14.9. The standard InChI is InChI=1S/C15H25N3O4S/c1-13(19)18(12-11-17(2)3)10-9-16-23(20,21)15-7-5-14(22-4)6-8-15/h5-8,16H,9-12H2,1-4H3. The molecule has 8 heteroatoms. The summed E-state index contributed by atoms with van der Waals surface area (Å²) in [5.74, 6) is 0.519. The number of nitrogens with one attached hydrogen (secondary N) is 1. The summed E-state index contributed by atoms with van der Waals surface area (Å²) in [4.78, 5) is 15.3. The molecule has 0 saturated carbocycles. The Morgan fingerprint density at radius 2 is 1.74 bits per heavy atom. The lowest BCUT2D eigenvalue weighted by atomic mass is 10.3. The summed E-state index contributed by atoms with van der Waals surface area (Å²) in [6.45, 7) is 3.27. The minimum atomic E-state index is -3.59. The summed E-state index contributed by atoms with van der Waals surface area (Å²) in [5, 5.41) is 0. The van der Waals surface area contributed by atoms with Crippen molar-refractivity contribution in [1.82, 2.24) is 14.5 Å². The molecule has 1 rings (SSSR count). The third-order valence-corrected chi connectivity index (χ3v) is 4.78. The fourth-order valence-electron chi connectivity index (χ4n) is 1.90. The minimum absolute atomic E-state index is 0.0736. The number of sulfonamides is 1. The van der Waals surface area contributed by atoms with E-state index in [9.17, 15) is 13.2 Å². The Labute approximate surface area is 138 Å². The van der Waals surface area contributed by atoms with Crippen LogP contribution >= 0.6 is 0 Å². The average molecular weight is 343 g/mol. The van der Waals surface area contributed by atoms with Crippen LogP contribution in [0.1, 0.15) is 6.92 Å². The molecule has 1 amide bonds. The van der Waals surface area contributed by atoms with Crippen LogP contribution in [0.15, 0.2) is 29.2 Å². The van der Waals surface area contributed by atoms with Crippen LogP contribution in [-0.4, -0.2) is 71.5 Å². The normalized spacial score (nSPS) is 11.5. The van der Waals surface area contributed by atoms with Gasteiger partial charge in [0.05, 0.1) is 12.0 Å². The molecule has 23 heavy (non-hydrogen) atoms. The lowest BCUT2D eigenvalue weighted by molar-refractivity contribution is -0.128. The van der Waals surface area contributed by atoms with Gasteiger partial charge in [-0.15, -0.1) is 0 Å². The molecule has 1 aromatic rings. The summed E-state index contributed by atoms with van der Waals surface area (Å²) in [6.07, 6.45) is 0. The molecule has 0 heterocycles. The Balaban J connectivity index is 2.58. The van der Waals surface area contributed by atoms with Crippen molar-refractivity contribution in [2.75, 3.05) is 47.4 Å². The third-order valence-electron chi connectivity index (χ3n) is 3.31. The Hall–Kier alpha value is -1.64. The monoisotopic (exact) mass is 343 g/mol. The first-order valence-corrected chi connectivity index (χ1v) is 8.78. The molecule has 130 valence electrons. The van der Waals surface area contributed by atoms with Crippen molar-refractivity contribution >= 4 is 15.9 Å². The van der Waals surface area contributed by atoms with E-state index in [0.717, 1.165) is 6.54 Å². The molecule has 0 bridgehead atoms. The van der Waals surface area contributed by atoms with Crippen molar-refractivity contribution in [1.29, 1.82) is 0 Å². The van der Waals surface area contributed by atoms with Crippen molar-refractivity contribution < 1.29 is 17.9 Å². The lowest BCUT2D eigenvalue weighted by Crippen LogP contribution is -2.40. The van der Waals surface area contributed by atoms with E-state index in [4.69, 9.17) is 4.74 Å². The number of rotatable bonds is 9. The quantitative estimate of drug-likeness (QED) is 0.701. The smallest absolute Gasteiger partial charge is 0.240 e. The maximum absolute atomic E-state index is 12.2. The molecule has 0 unspecified atom stereocenters. The van der Waals surface area contributed by atoms with Crippen LogP contribution in [0.3, 0.4) is 0 Å². The molecular formula is C15H25N3O4S. The van der Waals surface area contributed by atoms with Gasteiger partial charge in [-0.1, -0.05) is 0 Å². The largest absolute Gasteiger partial charge is 0.497 e. The summed E-state index contributed by atoms with van der Waals surface area (Å²) in [7, 11) is 1.77. The van der Waals surface area contributed by atoms with E-state index in [1.165, 1.54) is 26.2 Å². The van der Waals surface area contributed by atoms with Gasteiger partial charge in [-0.05, 0) is 38.4 Å². The van der Waals surface area contributed by atoms with Crippen LogP contribution in [-0.2, 0) is 14.8 Å². The molecule has 0 saturated heterocycles. The van der Waals surface area contributed by atoms with Gasteiger partial charge in [0.1, 0.15) is 5.75 Å². The van der Waals surface area contributed by atoms with Crippen LogP contribution in [0.2, 0.25) is 0 Å². The number of carbonyl (C=O) groups excluding carboxylic acids is 1. The maximum atomic E-state index is 12.2. The molecular weight excluding hydrogens is 318 g/mol. The van der Waals surface area contributed by atoms with E-state index < -0.39 is 10.0 Å².